The Morgan fingerprint density at radius 3 is 2.83 bits per heavy atom. The number of hydrogen-bond donors (Lipinski definition) is 2. The summed E-state index contributed by atoms with van der Waals surface area (Å²) < 4.78 is 1.02. The summed E-state index contributed by atoms with van der Waals surface area (Å²) in [6.45, 7) is 2.44. The second-order valence-electron chi connectivity index (χ2n) is 4.01. The maximum Gasteiger partial charge on any atom is 0.251 e. The lowest BCUT2D eigenvalue weighted by Crippen LogP contribution is -2.22. The molecule has 0 bridgehead atoms. The first-order valence-corrected chi connectivity index (χ1v) is 7.11. The highest BCUT2D eigenvalue weighted by Crippen LogP contribution is 2.22. The molecule has 2 rings (SSSR count). The van der Waals surface area contributed by atoms with Crippen molar-refractivity contribution >= 4 is 38.9 Å². The van der Waals surface area contributed by atoms with Gasteiger partial charge in [0.25, 0.3) is 5.91 Å². The topological polar surface area (TPSA) is 55.1 Å². The van der Waals surface area contributed by atoms with Crippen LogP contribution in [0.5, 0.6) is 0 Å². The van der Waals surface area contributed by atoms with Gasteiger partial charge in [-0.05, 0) is 58.1 Å². The molecule has 1 amide bonds. The van der Waals surface area contributed by atoms with Crippen molar-refractivity contribution in [3.8, 4) is 0 Å². The predicted octanol–water partition coefficient (Wildman–Crippen LogP) is 3.33. The van der Waals surface area contributed by atoms with E-state index in [1.54, 1.807) is 17.4 Å². The number of carbonyl (C=O) groups is 1. The molecule has 0 spiro atoms. The van der Waals surface area contributed by atoms with E-state index in [2.05, 4.69) is 21.2 Å². The fourth-order valence-electron chi connectivity index (χ4n) is 1.66. The first-order chi connectivity index (χ1) is 8.56. The summed E-state index contributed by atoms with van der Waals surface area (Å²) in [6.07, 6.45) is 0. The van der Waals surface area contributed by atoms with E-state index in [1.165, 1.54) is 0 Å². The highest BCUT2D eigenvalue weighted by molar-refractivity contribution is 9.10. The van der Waals surface area contributed by atoms with Crippen LogP contribution in [0.1, 0.15) is 20.8 Å². The van der Waals surface area contributed by atoms with Crippen LogP contribution in [0, 0.1) is 6.92 Å². The number of aryl methyl sites for hydroxylation is 1. The first kappa shape index (κ1) is 13.1. The lowest BCUT2D eigenvalue weighted by atomic mass is 10.1. The van der Waals surface area contributed by atoms with Crippen molar-refractivity contribution in [2.24, 2.45) is 0 Å². The molecule has 0 unspecified atom stereocenters. The standard InChI is InChI=1S/C13H13BrN2OS/c1-8-4-9(6-10(15)5-8)13(17)16-7-12-11(14)2-3-18-12/h2-6H,7,15H2,1H3,(H,16,17). The Hall–Kier alpha value is -1.33. The van der Waals surface area contributed by atoms with Crippen molar-refractivity contribution in [1.29, 1.82) is 0 Å². The quantitative estimate of drug-likeness (QED) is 0.851. The molecular formula is C13H13BrN2OS. The molecule has 3 nitrogen and oxygen atoms in total. The molecule has 1 aromatic carbocycles. The number of hydrogen-bond acceptors (Lipinski definition) is 3. The third kappa shape index (κ3) is 3.11. The largest absolute Gasteiger partial charge is 0.399 e. The Kier molecular flexibility index (Phi) is 4.04. The molecule has 3 N–H and O–H groups in total. The second-order valence-corrected chi connectivity index (χ2v) is 5.86. The lowest BCUT2D eigenvalue weighted by Gasteiger charge is -2.06. The number of anilines is 1. The number of rotatable bonds is 3. The van der Waals surface area contributed by atoms with E-state index in [-0.39, 0.29) is 5.91 Å². The van der Waals surface area contributed by atoms with Crippen LogP contribution in [0.4, 0.5) is 5.69 Å². The molecule has 94 valence electrons. The molecule has 0 fully saturated rings. The van der Waals surface area contributed by atoms with E-state index in [0.717, 1.165) is 14.9 Å². The molecule has 2 aromatic rings. The van der Waals surface area contributed by atoms with Crippen LogP contribution in [0.15, 0.2) is 34.1 Å². The summed E-state index contributed by atoms with van der Waals surface area (Å²) in [5.41, 5.74) is 7.92. The van der Waals surface area contributed by atoms with Gasteiger partial charge >= 0.3 is 0 Å². The monoisotopic (exact) mass is 324 g/mol. The van der Waals surface area contributed by atoms with Gasteiger partial charge in [-0.25, -0.2) is 0 Å². The fourth-order valence-corrected chi connectivity index (χ4v) is 3.09. The van der Waals surface area contributed by atoms with E-state index in [9.17, 15) is 4.79 Å². The Bertz CT molecular complexity index is 560. The molecule has 0 aliphatic heterocycles. The number of halogens is 1. The molecule has 1 heterocycles. The van der Waals surface area contributed by atoms with Gasteiger partial charge in [0, 0.05) is 20.6 Å². The maximum absolute atomic E-state index is 12.0. The fraction of sp³-hybridized carbons (Fsp3) is 0.154. The van der Waals surface area contributed by atoms with Crippen LogP contribution >= 0.6 is 27.3 Å². The third-order valence-corrected chi connectivity index (χ3v) is 4.39. The SMILES string of the molecule is Cc1cc(N)cc(C(=O)NCc2sccc2Br)c1. The number of nitrogen functional groups attached to an aromatic ring is 1. The molecule has 0 radical (unpaired) electrons. The Morgan fingerprint density at radius 2 is 2.22 bits per heavy atom. The molecule has 0 saturated carbocycles. The van der Waals surface area contributed by atoms with Crippen LogP contribution in [0.25, 0.3) is 0 Å². The minimum atomic E-state index is -0.106. The number of thiophene rings is 1. The van der Waals surface area contributed by atoms with Gasteiger partial charge in [-0.1, -0.05) is 0 Å². The van der Waals surface area contributed by atoms with Gasteiger partial charge in [0.1, 0.15) is 0 Å². The van der Waals surface area contributed by atoms with E-state index in [0.29, 0.717) is 17.8 Å². The summed E-state index contributed by atoms with van der Waals surface area (Å²) in [7, 11) is 0. The maximum atomic E-state index is 12.0. The Balaban J connectivity index is 2.06. The zero-order chi connectivity index (χ0) is 13.1. The summed E-state index contributed by atoms with van der Waals surface area (Å²) >= 11 is 5.04. The number of nitrogens with two attached hydrogens (primary N) is 1. The van der Waals surface area contributed by atoms with Gasteiger partial charge in [0.05, 0.1) is 6.54 Å². The second kappa shape index (κ2) is 5.54. The molecule has 1 aromatic heterocycles. The number of nitrogens with one attached hydrogen (secondary N) is 1. The number of benzene rings is 1. The zero-order valence-corrected chi connectivity index (χ0v) is 12.3. The average Bonchev–Trinajstić information content (AvgIpc) is 2.70. The summed E-state index contributed by atoms with van der Waals surface area (Å²) in [6, 6.07) is 7.32. The molecule has 18 heavy (non-hydrogen) atoms. The van der Waals surface area contributed by atoms with E-state index < -0.39 is 0 Å². The van der Waals surface area contributed by atoms with Crippen LogP contribution in [0.3, 0.4) is 0 Å². The normalized spacial score (nSPS) is 10.3. The molecular weight excluding hydrogens is 312 g/mol. The molecule has 0 aliphatic carbocycles. The molecule has 5 heteroatoms. The van der Waals surface area contributed by atoms with Crippen molar-refractivity contribution < 1.29 is 4.79 Å². The third-order valence-electron chi connectivity index (χ3n) is 2.46. The molecule has 0 saturated heterocycles. The summed E-state index contributed by atoms with van der Waals surface area (Å²) in [4.78, 5) is 13.1. The van der Waals surface area contributed by atoms with Gasteiger partial charge in [-0.3, -0.25) is 4.79 Å². The van der Waals surface area contributed by atoms with Gasteiger partial charge in [-0.15, -0.1) is 11.3 Å². The predicted molar refractivity (Wildman–Crippen MR) is 78.8 cm³/mol. The minimum absolute atomic E-state index is 0.106. The first-order valence-electron chi connectivity index (χ1n) is 5.43. The molecule has 0 aliphatic rings. The van der Waals surface area contributed by atoms with Crippen molar-refractivity contribution in [1.82, 2.24) is 5.32 Å². The van der Waals surface area contributed by atoms with Gasteiger partial charge in [-0.2, -0.15) is 0 Å². The molecule has 0 atom stereocenters. The van der Waals surface area contributed by atoms with Crippen molar-refractivity contribution in [3.05, 3.63) is 50.1 Å². The smallest absolute Gasteiger partial charge is 0.251 e. The highest BCUT2D eigenvalue weighted by Gasteiger charge is 2.08. The van der Waals surface area contributed by atoms with Gasteiger partial charge in [0.15, 0.2) is 0 Å². The van der Waals surface area contributed by atoms with E-state index in [4.69, 9.17) is 5.73 Å². The van der Waals surface area contributed by atoms with Crippen LogP contribution in [-0.2, 0) is 6.54 Å². The van der Waals surface area contributed by atoms with Crippen LogP contribution < -0.4 is 11.1 Å². The zero-order valence-electron chi connectivity index (χ0n) is 9.87. The van der Waals surface area contributed by atoms with Crippen LogP contribution in [-0.4, -0.2) is 5.91 Å². The van der Waals surface area contributed by atoms with Crippen molar-refractivity contribution in [2.75, 3.05) is 5.73 Å². The summed E-state index contributed by atoms with van der Waals surface area (Å²) in [5.74, 6) is -0.106. The Labute approximate surface area is 118 Å². The Morgan fingerprint density at radius 1 is 1.44 bits per heavy atom. The lowest BCUT2D eigenvalue weighted by molar-refractivity contribution is 0.0951. The van der Waals surface area contributed by atoms with Crippen molar-refractivity contribution in [3.63, 3.8) is 0 Å². The summed E-state index contributed by atoms with van der Waals surface area (Å²) in [5, 5.41) is 4.86. The van der Waals surface area contributed by atoms with E-state index >= 15 is 0 Å². The van der Waals surface area contributed by atoms with Crippen LogP contribution in [0.2, 0.25) is 0 Å². The van der Waals surface area contributed by atoms with Crippen molar-refractivity contribution in [2.45, 2.75) is 13.5 Å². The average molecular weight is 325 g/mol. The van der Waals surface area contributed by atoms with E-state index in [1.807, 2.05) is 30.5 Å². The number of carbonyl (C=O) groups excluding carboxylic acids is 1. The van der Waals surface area contributed by atoms with Gasteiger partial charge in [0.2, 0.25) is 0 Å². The van der Waals surface area contributed by atoms with Gasteiger partial charge < -0.3 is 11.1 Å². The number of amides is 1. The highest BCUT2D eigenvalue weighted by atomic mass is 79.9. The minimum Gasteiger partial charge on any atom is -0.399 e.